The van der Waals surface area contributed by atoms with E-state index >= 15 is 0 Å². The number of benzene rings is 3. The van der Waals surface area contributed by atoms with Gasteiger partial charge in [-0.2, -0.15) is 0 Å². The molecular formula is C25H19ClN2O5S. The van der Waals surface area contributed by atoms with E-state index in [9.17, 15) is 9.59 Å². The van der Waals surface area contributed by atoms with Crippen LogP contribution in [0.5, 0.6) is 11.5 Å². The maximum atomic E-state index is 12.4. The number of halogens is 1. The molecule has 34 heavy (non-hydrogen) atoms. The lowest BCUT2D eigenvalue weighted by atomic mass is 10.1. The van der Waals surface area contributed by atoms with Gasteiger partial charge in [0.2, 0.25) is 0 Å². The highest BCUT2D eigenvalue weighted by Gasteiger charge is 2.24. The van der Waals surface area contributed by atoms with Crippen molar-refractivity contribution >= 4 is 52.2 Å². The van der Waals surface area contributed by atoms with Crippen LogP contribution in [0, 0.1) is 0 Å². The van der Waals surface area contributed by atoms with E-state index in [2.05, 4.69) is 10.3 Å². The number of aliphatic imine (C=N–C) groups is 1. The molecule has 1 fully saturated rings. The van der Waals surface area contributed by atoms with E-state index in [-0.39, 0.29) is 18.1 Å². The van der Waals surface area contributed by atoms with Crippen LogP contribution >= 0.6 is 23.4 Å². The summed E-state index contributed by atoms with van der Waals surface area (Å²) >= 11 is 7.70. The molecule has 9 heteroatoms. The normalized spacial score (nSPS) is 15.4. The second-order valence-electron chi connectivity index (χ2n) is 7.14. The molecule has 0 aliphatic carbocycles. The Bertz CT molecular complexity index is 1290. The number of nitrogens with zero attached hydrogens (tertiary/aromatic N) is 1. The Kier molecular flexibility index (Phi) is 7.20. The van der Waals surface area contributed by atoms with Gasteiger partial charge >= 0.3 is 5.97 Å². The molecule has 0 atom stereocenters. The maximum Gasteiger partial charge on any atom is 0.335 e. The first-order valence-corrected chi connectivity index (χ1v) is 11.3. The van der Waals surface area contributed by atoms with Crippen LogP contribution in [0.3, 0.4) is 0 Å². The van der Waals surface area contributed by atoms with Crippen molar-refractivity contribution in [3.05, 3.63) is 93.3 Å². The molecule has 0 saturated carbocycles. The smallest absolute Gasteiger partial charge is 0.335 e. The molecular weight excluding hydrogens is 476 g/mol. The van der Waals surface area contributed by atoms with E-state index in [1.54, 1.807) is 30.3 Å². The van der Waals surface area contributed by atoms with E-state index in [0.717, 1.165) is 11.3 Å². The van der Waals surface area contributed by atoms with Crippen LogP contribution in [0.4, 0.5) is 5.69 Å². The van der Waals surface area contributed by atoms with Crippen LogP contribution in [-0.2, 0) is 11.4 Å². The van der Waals surface area contributed by atoms with Crippen LogP contribution in [0.1, 0.15) is 21.5 Å². The van der Waals surface area contributed by atoms with Gasteiger partial charge in [-0.3, -0.25) is 4.79 Å². The van der Waals surface area contributed by atoms with E-state index in [1.807, 2.05) is 30.3 Å². The minimum Gasteiger partial charge on any atom is -0.493 e. The number of ether oxygens (including phenoxy) is 2. The third-order valence-electron chi connectivity index (χ3n) is 4.77. The van der Waals surface area contributed by atoms with E-state index < -0.39 is 5.97 Å². The van der Waals surface area contributed by atoms with E-state index in [1.165, 1.54) is 31.0 Å². The van der Waals surface area contributed by atoms with Crippen molar-refractivity contribution in [3.63, 3.8) is 0 Å². The molecule has 0 bridgehead atoms. The summed E-state index contributed by atoms with van der Waals surface area (Å²) in [7, 11) is 1.50. The summed E-state index contributed by atoms with van der Waals surface area (Å²) in [4.78, 5) is 28.3. The molecule has 3 aromatic carbocycles. The molecule has 1 amide bonds. The topological polar surface area (TPSA) is 97.2 Å². The fourth-order valence-corrected chi connectivity index (χ4v) is 4.23. The van der Waals surface area contributed by atoms with Gasteiger partial charge < -0.3 is 19.9 Å². The molecule has 0 unspecified atom stereocenters. The largest absolute Gasteiger partial charge is 0.493 e. The van der Waals surface area contributed by atoms with E-state index in [0.29, 0.717) is 32.2 Å². The summed E-state index contributed by atoms with van der Waals surface area (Å²) in [6, 6.07) is 19.1. The zero-order valence-electron chi connectivity index (χ0n) is 17.9. The number of carbonyl (C=O) groups excluding carboxylic acids is 1. The Morgan fingerprint density at radius 2 is 1.88 bits per heavy atom. The molecule has 0 radical (unpaired) electrons. The molecule has 2 N–H and O–H groups in total. The van der Waals surface area contributed by atoms with Gasteiger partial charge in [-0.1, -0.05) is 41.9 Å². The van der Waals surface area contributed by atoms with Gasteiger partial charge in [0.15, 0.2) is 16.7 Å². The highest BCUT2D eigenvalue weighted by molar-refractivity contribution is 8.18. The molecule has 3 aromatic rings. The summed E-state index contributed by atoms with van der Waals surface area (Å²) in [5.41, 5.74) is 2.38. The molecule has 1 aliphatic heterocycles. The minimum atomic E-state index is -0.991. The molecule has 7 nitrogen and oxygen atoms in total. The highest BCUT2D eigenvalue weighted by atomic mass is 35.5. The van der Waals surface area contributed by atoms with Crippen molar-refractivity contribution in [2.24, 2.45) is 4.99 Å². The Balaban J connectivity index is 1.51. The molecule has 0 aromatic heterocycles. The van der Waals surface area contributed by atoms with Gasteiger partial charge in [0.25, 0.3) is 5.91 Å². The van der Waals surface area contributed by atoms with Crippen molar-refractivity contribution in [3.8, 4) is 11.5 Å². The first kappa shape index (κ1) is 23.4. The Morgan fingerprint density at radius 1 is 1.15 bits per heavy atom. The van der Waals surface area contributed by atoms with Crippen LogP contribution < -0.4 is 14.8 Å². The van der Waals surface area contributed by atoms with Crippen molar-refractivity contribution in [1.29, 1.82) is 0 Å². The summed E-state index contributed by atoms with van der Waals surface area (Å²) < 4.78 is 11.3. The number of rotatable bonds is 7. The number of amides is 1. The summed E-state index contributed by atoms with van der Waals surface area (Å²) in [6.07, 6.45) is 1.70. The standard InChI is InChI=1S/C25H19ClN2O5S/c1-32-20-12-16(13-21-23(29)28-25(34-21)27-18-5-3-2-4-6-18)11-19(26)22(20)33-14-15-7-9-17(10-8-15)24(30)31/h2-13H,14H2,1H3,(H,30,31)(H,27,28,29)/b21-13-. The minimum absolute atomic E-state index is 0.175. The van der Waals surface area contributed by atoms with Gasteiger partial charge in [-0.05, 0) is 65.4 Å². The number of amidine groups is 1. The third-order valence-corrected chi connectivity index (χ3v) is 5.96. The molecule has 1 heterocycles. The molecule has 4 rings (SSSR count). The number of thioether (sulfide) groups is 1. The fraction of sp³-hybridized carbons (Fsp3) is 0.0800. The number of nitrogens with one attached hydrogen (secondary N) is 1. The number of aromatic carboxylic acids is 1. The average molecular weight is 495 g/mol. The van der Waals surface area contributed by atoms with Gasteiger partial charge in [-0.15, -0.1) is 0 Å². The average Bonchev–Trinajstić information content (AvgIpc) is 3.17. The van der Waals surface area contributed by atoms with Crippen molar-refractivity contribution in [1.82, 2.24) is 5.32 Å². The summed E-state index contributed by atoms with van der Waals surface area (Å²) in [5.74, 6) is -0.485. The van der Waals surface area contributed by atoms with Gasteiger partial charge in [0.1, 0.15) is 6.61 Å². The second kappa shape index (κ2) is 10.5. The number of carboxylic acids is 1. The van der Waals surface area contributed by atoms with Gasteiger partial charge in [0, 0.05) is 0 Å². The lowest BCUT2D eigenvalue weighted by Gasteiger charge is -2.13. The number of methoxy groups -OCH3 is 1. The van der Waals surface area contributed by atoms with Crippen molar-refractivity contribution < 1.29 is 24.2 Å². The molecule has 0 spiro atoms. The Hall–Kier alpha value is -3.75. The molecule has 172 valence electrons. The Labute approximate surface area is 205 Å². The third kappa shape index (κ3) is 5.59. The predicted molar refractivity (Wildman–Crippen MR) is 133 cm³/mol. The number of carboxylic acid groups (broad SMARTS) is 1. The van der Waals surface area contributed by atoms with Crippen LogP contribution in [0.15, 0.2) is 76.6 Å². The van der Waals surface area contributed by atoms with Gasteiger partial charge in [-0.25, -0.2) is 9.79 Å². The highest BCUT2D eigenvalue weighted by Crippen LogP contribution is 2.38. The quantitative estimate of drug-likeness (QED) is 0.420. The maximum absolute atomic E-state index is 12.4. The van der Waals surface area contributed by atoms with Crippen LogP contribution in [0.2, 0.25) is 5.02 Å². The lowest BCUT2D eigenvalue weighted by Crippen LogP contribution is -2.19. The van der Waals surface area contributed by atoms with Gasteiger partial charge in [0.05, 0.1) is 28.3 Å². The number of para-hydroxylation sites is 1. The fourth-order valence-electron chi connectivity index (χ4n) is 3.11. The second-order valence-corrected chi connectivity index (χ2v) is 8.58. The lowest BCUT2D eigenvalue weighted by molar-refractivity contribution is -0.115. The summed E-state index contributed by atoms with van der Waals surface area (Å²) in [5, 5.41) is 12.6. The van der Waals surface area contributed by atoms with Crippen LogP contribution in [-0.4, -0.2) is 29.3 Å². The molecule has 1 saturated heterocycles. The first-order chi connectivity index (χ1) is 16.4. The number of hydrogen-bond acceptors (Lipinski definition) is 6. The summed E-state index contributed by atoms with van der Waals surface area (Å²) in [6.45, 7) is 0.175. The number of carbonyl (C=O) groups is 2. The van der Waals surface area contributed by atoms with Crippen molar-refractivity contribution in [2.45, 2.75) is 6.61 Å². The zero-order valence-corrected chi connectivity index (χ0v) is 19.5. The number of hydrogen-bond donors (Lipinski definition) is 2. The van der Waals surface area contributed by atoms with E-state index in [4.69, 9.17) is 26.2 Å². The molecule has 1 aliphatic rings. The monoisotopic (exact) mass is 494 g/mol. The SMILES string of the molecule is COc1cc(/C=C2\SC(=Nc3ccccc3)NC2=O)cc(Cl)c1OCc1ccc(C(=O)O)cc1. The predicted octanol–water partition coefficient (Wildman–Crippen LogP) is 5.52. The Morgan fingerprint density at radius 3 is 2.56 bits per heavy atom. The van der Waals surface area contributed by atoms with Crippen LogP contribution in [0.25, 0.3) is 6.08 Å². The van der Waals surface area contributed by atoms with Crippen molar-refractivity contribution in [2.75, 3.05) is 7.11 Å². The first-order valence-electron chi connectivity index (χ1n) is 10.1. The zero-order chi connectivity index (χ0) is 24.1.